The van der Waals surface area contributed by atoms with E-state index in [9.17, 15) is 14.7 Å². The van der Waals surface area contributed by atoms with Crippen LogP contribution in [0, 0.1) is 12.3 Å². The Balaban J connectivity index is 2.17. The average Bonchev–Trinajstić information content (AvgIpc) is 2.95. The van der Waals surface area contributed by atoms with Gasteiger partial charge in [0.2, 0.25) is 0 Å². The summed E-state index contributed by atoms with van der Waals surface area (Å²) >= 11 is 0. The van der Waals surface area contributed by atoms with Crippen LogP contribution in [0.15, 0.2) is 6.07 Å². The lowest BCUT2D eigenvalue weighted by Gasteiger charge is -2.39. The minimum Gasteiger partial charge on any atom is -0.481 e. The SMILES string of the molecule is CCOCCn1nc(C)cc1C(=O)N1CCCC(CC)(C(=O)O)C1. The van der Waals surface area contributed by atoms with E-state index in [1.165, 1.54) is 0 Å². The predicted molar refractivity (Wildman–Crippen MR) is 89.0 cm³/mol. The highest BCUT2D eigenvalue weighted by Crippen LogP contribution is 2.34. The Hall–Kier alpha value is -1.89. The summed E-state index contributed by atoms with van der Waals surface area (Å²) in [5.41, 5.74) is 0.440. The minimum atomic E-state index is -0.834. The molecule has 1 unspecified atom stereocenters. The molecule has 0 radical (unpaired) electrons. The van der Waals surface area contributed by atoms with Gasteiger partial charge in [0.05, 0.1) is 24.3 Å². The zero-order chi connectivity index (χ0) is 17.7. The molecule has 0 saturated carbocycles. The summed E-state index contributed by atoms with van der Waals surface area (Å²) in [4.78, 5) is 26.3. The topological polar surface area (TPSA) is 84.7 Å². The molecule has 0 bridgehead atoms. The molecule has 1 aliphatic heterocycles. The molecule has 134 valence electrons. The molecule has 2 rings (SSSR count). The molecule has 1 fully saturated rings. The predicted octanol–water partition coefficient (Wildman–Crippen LogP) is 1.95. The van der Waals surface area contributed by atoms with E-state index >= 15 is 0 Å². The molecule has 1 aliphatic rings. The highest BCUT2D eigenvalue weighted by molar-refractivity contribution is 5.93. The number of amides is 1. The van der Waals surface area contributed by atoms with Crippen LogP contribution in [-0.4, -0.2) is 58.0 Å². The molecular weight excluding hydrogens is 310 g/mol. The number of likely N-dealkylation sites (tertiary alicyclic amines) is 1. The fourth-order valence-electron chi connectivity index (χ4n) is 3.26. The number of aliphatic carboxylic acids is 1. The normalized spacial score (nSPS) is 21.0. The lowest BCUT2D eigenvalue weighted by atomic mass is 9.77. The van der Waals surface area contributed by atoms with Crippen molar-refractivity contribution in [2.24, 2.45) is 5.41 Å². The lowest BCUT2D eigenvalue weighted by molar-refractivity contribution is -0.152. The summed E-state index contributed by atoms with van der Waals surface area (Å²) in [6, 6.07) is 1.76. The third-order valence-electron chi connectivity index (χ3n) is 4.77. The quantitative estimate of drug-likeness (QED) is 0.769. The molecule has 24 heavy (non-hydrogen) atoms. The van der Waals surface area contributed by atoms with E-state index in [0.29, 0.717) is 51.3 Å². The van der Waals surface area contributed by atoms with Crippen molar-refractivity contribution in [2.45, 2.75) is 46.6 Å². The van der Waals surface area contributed by atoms with Crippen molar-refractivity contribution in [3.8, 4) is 0 Å². The zero-order valence-electron chi connectivity index (χ0n) is 14.7. The fraction of sp³-hybridized carbons (Fsp3) is 0.706. The van der Waals surface area contributed by atoms with Gasteiger partial charge in [0.25, 0.3) is 5.91 Å². The summed E-state index contributed by atoms with van der Waals surface area (Å²) in [7, 11) is 0. The number of aryl methyl sites for hydroxylation is 1. The highest BCUT2D eigenvalue weighted by atomic mass is 16.5. The molecule has 1 N–H and O–H groups in total. The van der Waals surface area contributed by atoms with Gasteiger partial charge in [0.1, 0.15) is 5.69 Å². The van der Waals surface area contributed by atoms with Crippen molar-refractivity contribution in [2.75, 3.05) is 26.3 Å². The van der Waals surface area contributed by atoms with Gasteiger partial charge in [-0.15, -0.1) is 0 Å². The number of ether oxygens (including phenoxy) is 1. The molecule has 7 heteroatoms. The van der Waals surface area contributed by atoms with Crippen LogP contribution in [0.3, 0.4) is 0 Å². The second-order valence-electron chi connectivity index (χ2n) is 6.36. The molecule has 1 amide bonds. The van der Waals surface area contributed by atoms with Gasteiger partial charge in [0, 0.05) is 19.7 Å². The highest BCUT2D eigenvalue weighted by Gasteiger charge is 2.42. The molecule has 1 atom stereocenters. The molecule has 0 aromatic carbocycles. The van der Waals surface area contributed by atoms with Crippen molar-refractivity contribution in [3.63, 3.8) is 0 Å². The zero-order valence-corrected chi connectivity index (χ0v) is 14.7. The van der Waals surface area contributed by atoms with Gasteiger partial charge in [-0.1, -0.05) is 6.92 Å². The number of carbonyl (C=O) groups excluding carboxylic acids is 1. The Morgan fingerprint density at radius 1 is 1.42 bits per heavy atom. The summed E-state index contributed by atoms with van der Waals surface area (Å²) < 4.78 is 7.01. The van der Waals surface area contributed by atoms with E-state index in [-0.39, 0.29) is 12.5 Å². The fourth-order valence-corrected chi connectivity index (χ4v) is 3.26. The van der Waals surface area contributed by atoms with Crippen molar-refractivity contribution in [1.82, 2.24) is 14.7 Å². The number of hydrogen-bond acceptors (Lipinski definition) is 4. The Morgan fingerprint density at radius 2 is 2.17 bits per heavy atom. The van der Waals surface area contributed by atoms with Crippen LogP contribution >= 0.6 is 0 Å². The number of nitrogens with zero attached hydrogens (tertiary/aromatic N) is 3. The van der Waals surface area contributed by atoms with E-state index in [1.54, 1.807) is 15.6 Å². The number of carbonyl (C=O) groups is 2. The smallest absolute Gasteiger partial charge is 0.311 e. The largest absolute Gasteiger partial charge is 0.481 e. The number of aromatic nitrogens is 2. The first-order chi connectivity index (χ1) is 11.4. The van der Waals surface area contributed by atoms with Crippen molar-refractivity contribution in [3.05, 3.63) is 17.5 Å². The van der Waals surface area contributed by atoms with E-state index in [1.807, 2.05) is 20.8 Å². The molecule has 1 aromatic heterocycles. The maximum absolute atomic E-state index is 12.9. The van der Waals surface area contributed by atoms with Crippen LogP contribution in [0.5, 0.6) is 0 Å². The van der Waals surface area contributed by atoms with Gasteiger partial charge < -0.3 is 14.7 Å². The number of carboxylic acids is 1. The molecular formula is C17H27N3O4. The standard InChI is InChI=1S/C17H27N3O4/c1-4-17(16(22)23)7-6-8-19(12-17)15(21)14-11-13(3)18-20(14)9-10-24-5-2/h11H,4-10,12H2,1-3H3,(H,22,23). The van der Waals surface area contributed by atoms with Gasteiger partial charge in [-0.3, -0.25) is 14.3 Å². The van der Waals surface area contributed by atoms with Crippen LogP contribution in [0.1, 0.15) is 49.3 Å². The number of piperidine rings is 1. The van der Waals surface area contributed by atoms with Crippen LogP contribution in [-0.2, 0) is 16.1 Å². The summed E-state index contributed by atoms with van der Waals surface area (Å²) in [6.07, 6.45) is 1.85. The van der Waals surface area contributed by atoms with Gasteiger partial charge >= 0.3 is 5.97 Å². The first kappa shape index (κ1) is 18.4. The third-order valence-corrected chi connectivity index (χ3v) is 4.77. The molecule has 2 heterocycles. The van der Waals surface area contributed by atoms with Crippen LogP contribution in [0.2, 0.25) is 0 Å². The van der Waals surface area contributed by atoms with Crippen LogP contribution < -0.4 is 0 Å². The third kappa shape index (κ3) is 3.77. The first-order valence-electron chi connectivity index (χ1n) is 8.58. The van der Waals surface area contributed by atoms with Gasteiger partial charge in [-0.25, -0.2) is 0 Å². The monoisotopic (exact) mass is 337 g/mol. The Labute approximate surface area is 142 Å². The van der Waals surface area contributed by atoms with Crippen LogP contribution in [0.25, 0.3) is 0 Å². The van der Waals surface area contributed by atoms with Gasteiger partial charge in [-0.2, -0.15) is 5.10 Å². The minimum absolute atomic E-state index is 0.147. The van der Waals surface area contributed by atoms with Crippen molar-refractivity contribution in [1.29, 1.82) is 0 Å². The lowest BCUT2D eigenvalue weighted by Crippen LogP contribution is -2.50. The maximum atomic E-state index is 12.9. The first-order valence-corrected chi connectivity index (χ1v) is 8.58. The Bertz CT molecular complexity index is 599. The van der Waals surface area contributed by atoms with E-state index in [0.717, 1.165) is 5.69 Å². The molecule has 1 saturated heterocycles. The van der Waals surface area contributed by atoms with E-state index in [2.05, 4.69) is 5.10 Å². The Morgan fingerprint density at radius 3 is 2.79 bits per heavy atom. The molecule has 0 aliphatic carbocycles. The average molecular weight is 337 g/mol. The van der Waals surface area contributed by atoms with E-state index < -0.39 is 11.4 Å². The van der Waals surface area contributed by atoms with Crippen LogP contribution in [0.4, 0.5) is 0 Å². The van der Waals surface area contributed by atoms with Crippen molar-refractivity contribution >= 4 is 11.9 Å². The van der Waals surface area contributed by atoms with Crippen molar-refractivity contribution < 1.29 is 19.4 Å². The second-order valence-corrected chi connectivity index (χ2v) is 6.36. The summed E-state index contributed by atoms with van der Waals surface area (Å²) in [6.45, 7) is 8.10. The summed E-state index contributed by atoms with van der Waals surface area (Å²) in [5, 5.41) is 14.0. The molecule has 1 aromatic rings. The molecule has 7 nitrogen and oxygen atoms in total. The molecule has 0 spiro atoms. The number of carboxylic acid groups (broad SMARTS) is 1. The Kier molecular flexibility index (Phi) is 5.99. The second kappa shape index (κ2) is 7.79. The maximum Gasteiger partial charge on any atom is 0.311 e. The van der Waals surface area contributed by atoms with Gasteiger partial charge in [0.15, 0.2) is 0 Å². The van der Waals surface area contributed by atoms with Gasteiger partial charge in [-0.05, 0) is 39.2 Å². The summed E-state index contributed by atoms with van der Waals surface area (Å²) in [5.74, 6) is -0.964. The number of rotatable bonds is 7. The number of hydrogen-bond donors (Lipinski definition) is 1. The van der Waals surface area contributed by atoms with E-state index in [4.69, 9.17) is 4.74 Å².